The number of rotatable bonds is 6. The monoisotopic (exact) mass is 472 g/mol. The van der Waals surface area contributed by atoms with Gasteiger partial charge in [0.1, 0.15) is 17.9 Å². The molecule has 8 heteroatoms. The van der Waals surface area contributed by atoms with Crippen molar-refractivity contribution in [3.63, 3.8) is 0 Å². The maximum Gasteiger partial charge on any atom is 0.255 e. The van der Waals surface area contributed by atoms with Gasteiger partial charge in [-0.05, 0) is 67.1 Å². The molecule has 2 aliphatic heterocycles. The number of ether oxygens (including phenoxy) is 1. The minimum absolute atomic E-state index is 0.00397. The maximum atomic E-state index is 12.9. The van der Waals surface area contributed by atoms with Crippen molar-refractivity contribution in [2.24, 2.45) is 0 Å². The van der Waals surface area contributed by atoms with Crippen LogP contribution in [-0.4, -0.2) is 40.8 Å². The SMILES string of the molecule is N#Cc1cccc(CN[C@H]2CCCC[C@H]2Oc2ccc3c(c2)CN(C2CCC(=O)NC2=O)C3=O)c1. The Hall–Kier alpha value is -3.70. The highest BCUT2D eigenvalue weighted by Crippen LogP contribution is 2.32. The summed E-state index contributed by atoms with van der Waals surface area (Å²) >= 11 is 0. The number of fused-ring (bicyclic) bond motifs is 1. The summed E-state index contributed by atoms with van der Waals surface area (Å²) in [5.74, 6) is -0.167. The summed E-state index contributed by atoms with van der Waals surface area (Å²) in [5.41, 5.74) is 3.14. The summed E-state index contributed by atoms with van der Waals surface area (Å²) < 4.78 is 6.41. The molecule has 2 aromatic carbocycles. The Bertz CT molecular complexity index is 1200. The van der Waals surface area contributed by atoms with Crippen molar-refractivity contribution in [3.05, 3.63) is 64.7 Å². The van der Waals surface area contributed by atoms with Gasteiger partial charge in [-0.25, -0.2) is 0 Å². The van der Waals surface area contributed by atoms with Gasteiger partial charge in [0.05, 0.1) is 11.6 Å². The Morgan fingerprint density at radius 2 is 1.94 bits per heavy atom. The molecule has 180 valence electrons. The van der Waals surface area contributed by atoms with E-state index in [1.165, 1.54) is 0 Å². The van der Waals surface area contributed by atoms with E-state index in [2.05, 4.69) is 16.7 Å². The molecule has 0 radical (unpaired) electrons. The Balaban J connectivity index is 1.25. The average Bonchev–Trinajstić information content (AvgIpc) is 3.19. The molecule has 35 heavy (non-hydrogen) atoms. The van der Waals surface area contributed by atoms with Gasteiger partial charge in [0.2, 0.25) is 11.8 Å². The van der Waals surface area contributed by atoms with Gasteiger partial charge >= 0.3 is 0 Å². The van der Waals surface area contributed by atoms with Crippen molar-refractivity contribution in [1.82, 2.24) is 15.5 Å². The molecule has 1 saturated heterocycles. The zero-order valence-electron chi connectivity index (χ0n) is 19.5. The maximum absolute atomic E-state index is 12.9. The normalized spacial score (nSPS) is 24.0. The number of benzene rings is 2. The first-order valence-corrected chi connectivity index (χ1v) is 12.2. The molecule has 3 atom stereocenters. The van der Waals surface area contributed by atoms with Gasteiger partial charge in [0.15, 0.2) is 0 Å². The largest absolute Gasteiger partial charge is 0.489 e. The van der Waals surface area contributed by atoms with Crippen LogP contribution in [0.5, 0.6) is 5.75 Å². The first-order chi connectivity index (χ1) is 17.0. The number of carbonyl (C=O) groups is 3. The summed E-state index contributed by atoms with van der Waals surface area (Å²) in [7, 11) is 0. The van der Waals surface area contributed by atoms with Crippen LogP contribution in [0.25, 0.3) is 0 Å². The Labute approximate surface area is 204 Å². The van der Waals surface area contributed by atoms with Crippen molar-refractivity contribution in [3.8, 4) is 11.8 Å². The summed E-state index contributed by atoms with van der Waals surface area (Å²) in [6, 6.07) is 14.9. The highest BCUT2D eigenvalue weighted by molar-refractivity contribution is 6.05. The van der Waals surface area contributed by atoms with Crippen molar-refractivity contribution in [2.75, 3.05) is 0 Å². The van der Waals surface area contributed by atoms with Gasteiger partial charge in [-0.1, -0.05) is 18.6 Å². The predicted octanol–water partition coefficient (Wildman–Crippen LogP) is 2.80. The number of hydrogen-bond acceptors (Lipinski definition) is 6. The number of amides is 3. The van der Waals surface area contributed by atoms with Gasteiger partial charge in [-0.3, -0.25) is 19.7 Å². The molecule has 3 aliphatic rings. The standard InChI is InChI=1S/C27H28N4O4/c28-14-17-4-3-5-18(12-17)15-29-22-6-1-2-7-24(22)35-20-8-9-21-19(13-20)16-31(27(21)34)23-10-11-25(32)30-26(23)33/h3-5,8-9,12-13,22-24,29H,1-2,6-7,10-11,15-16H2,(H,30,32,33)/t22-,23?,24+/m0/s1. The molecule has 1 saturated carbocycles. The van der Waals surface area contributed by atoms with Crippen LogP contribution in [-0.2, 0) is 22.7 Å². The summed E-state index contributed by atoms with van der Waals surface area (Å²) in [6.07, 6.45) is 4.77. The number of nitriles is 1. The van der Waals surface area contributed by atoms with Crippen LogP contribution < -0.4 is 15.4 Å². The number of carbonyl (C=O) groups excluding carboxylic acids is 3. The van der Waals surface area contributed by atoms with Crippen LogP contribution in [0.1, 0.15) is 65.6 Å². The highest BCUT2D eigenvalue weighted by atomic mass is 16.5. The smallest absolute Gasteiger partial charge is 0.255 e. The second-order valence-corrected chi connectivity index (χ2v) is 9.46. The van der Waals surface area contributed by atoms with Crippen LogP contribution in [0, 0.1) is 11.3 Å². The lowest BCUT2D eigenvalue weighted by atomic mass is 9.92. The first-order valence-electron chi connectivity index (χ1n) is 12.2. The van der Waals surface area contributed by atoms with E-state index in [9.17, 15) is 14.4 Å². The summed E-state index contributed by atoms with van der Waals surface area (Å²) in [5, 5.41) is 15.1. The Morgan fingerprint density at radius 1 is 1.09 bits per heavy atom. The zero-order chi connectivity index (χ0) is 24.4. The van der Waals surface area contributed by atoms with E-state index in [0.717, 1.165) is 36.8 Å². The fourth-order valence-corrected chi connectivity index (χ4v) is 5.27. The van der Waals surface area contributed by atoms with Crippen molar-refractivity contribution < 1.29 is 19.1 Å². The second kappa shape index (κ2) is 9.88. The Morgan fingerprint density at radius 3 is 2.77 bits per heavy atom. The number of hydrogen-bond donors (Lipinski definition) is 2. The molecule has 2 N–H and O–H groups in total. The molecule has 0 bridgehead atoms. The number of nitrogens with zero attached hydrogens (tertiary/aromatic N) is 2. The molecule has 2 fully saturated rings. The Kier molecular flexibility index (Phi) is 6.51. The van der Waals surface area contributed by atoms with E-state index in [1.807, 2.05) is 30.3 Å². The molecule has 1 aliphatic carbocycles. The minimum Gasteiger partial charge on any atom is -0.489 e. The van der Waals surface area contributed by atoms with E-state index in [-0.39, 0.29) is 30.4 Å². The molecule has 5 rings (SSSR count). The minimum atomic E-state index is -0.622. The van der Waals surface area contributed by atoms with Crippen molar-refractivity contribution >= 4 is 17.7 Å². The van der Waals surface area contributed by atoms with E-state index in [4.69, 9.17) is 10.00 Å². The average molecular weight is 473 g/mol. The van der Waals surface area contributed by atoms with Gasteiger partial charge in [0.25, 0.3) is 5.91 Å². The molecular formula is C27H28N4O4. The third-order valence-electron chi connectivity index (χ3n) is 7.11. The highest BCUT2D eigenvalue weighted by Gasteiger charge is 2.39. The lowest BCUT2D eigenvalue weighted by Crippen LogP contribution is -2.52. The number of piperidine rings is 1. The van der Waals surface area contributed by atoms with Gasteiger partial charge in [0, 0.05) is 31.1 Å². The molecule has 0 spiro atoms. The number of imide groups is 1. The predicted molar refractivity (Wildman–Crippen MR) is 127 cm³/mol. The third kappa shape index (κ3) is 4.91. The van der Waals surface area contributed by atoms with Gasteiger partial charge in [-0.15, -0.1) is 0 Å². The number of nitrogens with one attached hydrogen (secondary N) is 2. The van der Waals surface area contributed by atoms with Crippen LogP contribution in [0.15, 0.2) is 42.5 Å². The lowest BCUT2D eigenvalue weighted by molar-refractivity contribution is -0.136. The fraction of sp³-hybridized carbons (Fsp3) is 0.407. The van der Waals surface area contributed by atoms with E-state index in [1.54, 1.807) is 17.0 Å². The first kappa shape index (κ1) is 23.1. The molecule has 3 amide bonds. The van der Waals surface area contributed by atoms with E-state index in [0.29, 0.717) is 36.4 Å². The molecule has 2 aromatic rings. The van der Waals surface area contributed by atoms with E-state index < -0.39 is 11.9 Å². The van der Waals surface area contributed by atoms with Gasteiger partial charge < -0.3 is 15.0 Å². The fourth-order valence-electron chi connectivity index (χ4n) is 5.27. The third-order valence-corrected chi connectivity index (χ3v) is 7.11. The molecule has 2 heterocycles. The topological polar surface area (TPSA) is 112 Å². The quantitative estimate of drug-likeness (QED) is 0.626. The molecular weight excluding hydrogens is 444 g/mol. The second-order valence-electron chi connectivity index (χ2n) is 9.46. The van der Waals surface area contributed by atoms with Crippen molar-refractivity contribution in [2.45, 2.75) is 69.8 Å². The van der Waals surface area contributed by atoms with Crippen LogP contribution >= 0.6 is 0 Å². The van der Waals surface area contributed by atoms with Crippen LogP contribution in [0.4, 0.5) is 0 Å². The molecule has 0 aromatic heterocycles. The van der Waals surface area contributed by atoms with Crippen LogP contribution in [0.2, 0.25) is 0 Å². The summed E-state index contributed by atoms with van der Waals surface area (Å²) in [6.45, 7) is 0.999. The van der Waals surface area contributed by atoms with Gasteiger partial charge in [-0.2, -0.15) is 5.26 Å². The lowest BCUT2D eigenvalue weighted by Gasteiger charge is -2.33. The van der Waals surface area contributed by atoms with Crippen LogP contribution in [0.3, 0.4) is 0 Å². The molecule has 8 nitrogen and oxygen atoms in total. The van der Waals surface area contributed by atoms with E-state index >= 15 is 0 Å². The summed E-state index contributed by atoms with van der Waals surface area (Å²) in [4.78, 5) is 38.2. The molecule has 1 unspecified atom stereocenters. The zero-order valence-corrected chi connectivity index (χ0v) is 19.5. The van der Waals surface area contributed by atoms with Crippen molar-refractivity contribution in [1.29, 1.82) is 5.26 Å².